The molecule has 0 aliphatic carbocycles. The molecule has 152 valence electrons. The zero-order valence-corrected chi connectivity index (χ0v) is 21.3. The van der Waals surface area contributed by atoms with Crippen molar-refractivity contribution in [2.75, 3.05) is 0 Å². The molecule has 0 aliphatic heterocycles. The zero-order chi connectivity index (χ0) is 20.2. The van der Waals surface area contributed by atoms with E-state index in [-0.39, 0.29) is 30.3 Å². The van der Waals surface area contributed by atoms with Crippen LogP contribution in [-0.4, -0.2) is 12.5 Å². The molecule has 27 heavy (non-hydrogen) atoms. The van der Waals surface area contributed by atoms with Crippen LogP contribution in [0.15, 0.2) is 10.5 Å². The van der Waals surface area contributed by atoms with Gasteiger partial charge in [0.25, 0.3) is 0 Å². The summed E-state index contributed by atoms with van der Waals surface area (Å²) in [7, 11) is 0. The molecule has 0 N–H and O–H groups in total. The molecule has 0 saturated carbocycles. The van der Waals surface area contributed by atoms with Crippen LogP contribution < -0.4 is 18.9 Å². The Hall–Kier alpha value is 0.402. The fraction of sp³-hybridized carbons (Fsp3) is 0.826. The van der Waals surface area contributed by atoms with Gasteiger partial charge in [-0.05, 0) is 33.1 Å². The van der Waals surface area contributed by atoms with E-state index in [9.17, 15) is 0 Å². The second-order valence-electron chi connectivity index (χ2n) is 8.81. The monoisotopic (exact) mass is 432 g/mol. The Labute approximate surface area is 191 Å². The molecule has 0 saturated heterocycles. The SMILES string of the molecule is CCCCC#C[B-](OC(C)C)(/C(Br)=C/CCCCCC)C(C)(C)C(C)C.[Li+]. The maximum atomic E-state index is 6.66. The van der Waals surface area contributed by atoms with Crippen LogP contribution in [0, 0.1) is 17.7 Å². The molecule has 0 aromatic rings. The van der Waals surface area contributed by atoms with Gasteiger partial charge >= 0.3 is 18.9 Å². The average Bonchev–Trinajstić information content (AvgIpc) is 2.56. The van der Waals surface area contributed by atoms with Crippen LogP contribution in [0.1, 0.15) is 107 Å². The van der Waals surface area contributed by atoms with E-state index in [1.807, 2.05) is 0 Å². The van der Waals surface area contributed by atoms with Crippen LogP contribution in [0.25, 0.3) is 0 Å². The van der Waals surface area contributed by atoms with Crippen molar-refractivity contribution >= 4 is 22.3 Å². The second kappa shape index (κ2) is 15.3. The van der Waals surface area contributed by atoms with Crippen molar-refractivity contribution < 1.29 is 23.5 Å². The summed E-state index contributed by atoms with van der Waals surface area (Å²) in [5.41, 5.74) is 0. The molecule has 0 bridgehead atoms. The Balaban J connectivity index is 0. The van der Waals surface area contributed by atoms with Gasteiger partial charge in [0.1, 0.15) is 0 Å². The number of hydrogen-bond acceptors (Lipinski definition) is 1. The maximum Gasteiger partial charge on any atom is 1.00 e. The summed E-state index contributed by atoms with van der Waals surface area (Å²) in [5.74, 6) is 7.59. The molecule has 0 radical (unpaired) electrons. The van der Waals surface area contributed by atoms with E-state index >= 15 is 0 Å². The van der Waals surface area contributed by atoms with E-state index in [2.05, 4.69) is 89.1 Å². The Bertz CT molecular complexity index is 477. The number of rotatable bonds is 12. The summed E-state index contributed by atoms with van der Waals surface area (Å²) in [6, 6.07) is 0. The predicted octanol–water partition coefficient (Wildman–Crippen LogP) is 5.32. The van der Waals surface area contributed by atoms with Gasteiger partial charge in [-0.1, -0.05) is 89.1 Å². The average molecular weight is 433 g/mol. The Kier molecular flexibility index (Phi) is 16.7. The van der Waals surface area contributed by atoms with Gasteiger partial charge in [-0.2, -0.15) is 0 Å². The third-order valence-corrected chi connectivity index (χ3v) is 6.73. The van der Waals surface area contributed by atoms with Crippen LogP contribution in [0.4, 0.5) is 0 Å². The molecule has 1 unspecified atom stereocenters. The molecule has 4 heteroatoms. The van der Waals surface area contributed by atoms with Gasteiger partial charge in [-0.3, -0.25) is 5.82 Å². The standard InChI is InChI=1S/C23H43BBrO.Li/c1-9-11-13-15-16-18-22(25)24(26-21(5)6,19-17-14-12-10-2)23(7,8)20(3)4;/h18,20-21H,9-16H2,1-8H3;/q-1;+1/b22-18-;. The Morgan fingerprint density at radius 3 is 2.11 bits per heavy atom. The summed E-state index contributed by atoms with van der Waals surface area (Å²) in [6.07, 6.45) is 10.6. The normalized spacial score (nSPS) is 14.6. The fourth-order valence-electron chi connectivity index (χ4n) is 3.22. The topological polar surface area (TPSA) is 9.23 Å². The molecular weight excluding hydrogens is 390 g/mol. The first-order valence-corrected chi connectivity index (χ1v) is 11.6. The first-order chi connectivity index (χ1) is 12.2. The molecule has 0 amide bonds. The minimum absolute atomic E-state index is 0. The number of unbranched alkanes of at least 4 members (excludes halogenated alkanes) is 6. The summed E-state index contributed by atoms with van der Waals surface area (Å²) < 4.78 is 7.83. The van der Waals surface area contributed by atoms with Crippen molar-refractivity contribution in [3.8, 4) is 11.7 Å². The summed E-state index contributed by atoms with van der Waals surface area (Å²) >= 11 is 3.93. The van der Waals surface area contributed by atoms with Crippen LogP contribution in [-0.2, 0) is 4.65 Å². The van der Waals surface area contributed by atoms with Gasteiger partial charge in [0.2, 0.25) is 6.35 Å². The molecule has 0 heterocycles. The van der Waals surface area contributed by atoms with Crippen molar-refractivity contribution in [1.29, 1.82) is 0 Å². The van der Waals surface area contributed by atoms with Gasteiger partial charge in [0.05, 0.1) is 0 Å². The Morgan fingerprint density at radius 2 is 1.63 bits per heavy atom. The summed E-state index contributed by atoms with van der Waals surface area (Å²) in [6.45, 7) is 17.9. The minimum Gasteiger partial charge on any atom is -0.574 e. The first-order valence-electron chi connectivity index (χ1n) is 10.8. The maximum absolute atomic E-state index is 6.66. The zero-order valence-electron chi connectivity index (χ0n) is 19.8. The van der Waals surface area contributed by atoms with Gasteiger partial charge < -0.3 is 4.65 Å². The van der Waals surface area contributed by atoms with Gasteiger partial charge in [0, 0.05) is 12.5 Å². The minimum atomic E-state index is -1.43. The molecule has 0 aromatic heterocycles. The summed E-state index contributed by atoms with van der Waals surface area (Å²) in [5, 5.41) is -0.0394. The molecule has 1 atom stereocenters. The van der Waals surface area contributed by atoms with Crippen LogP contribution >= 0.6 is 15.9 Å². The first kappa shape index (κ1) is 29.6. The van der Waals surface area contributed by atoms with E-state index in [0.717, 1.165) is 19.3 Å². The van der Waals surface area contributed by atoms with E-state index in [4.69, 9.17) is 4.65 Å². The third-order valence-electron chi connectivity index (χ3n) is 5.76. The molecular formula is C23H43BBrLiO. The van der Waals surface area contributed by atoms with Crippen molar-refractivity contribution in [3.63, 3.8) is 0 Å². The van der Waals surface area contributed by atoms with Crippen LogP contribution in [0.3, 0.4) is 0 Å². The third kappa shape index (κ3) is 9.63. The van der Waals surface area contributed by atoms with Crippen molar-refractivity contribution in [3.05, 3.63) is 10.5 Å². The second-order valence-corrected chi connectivity index (χ2v) is 9.73. The van der Waals surface area contributed by atoms with Crippen molar-refractivity contribution in [1.82, 2.24) is 0 Å². The molecule has 0 aromatic carbocycles. The van der Waals surface area contributed by atoms with E-state index < -0.39 is 6.35 Å². The molecule has 0 rings (SSSR count). The Morgan fingerprint density at radius 1 is 1.04 bits per heavy atom. The van der Waals surface area contributed by atoms with Crippen LogP contribution in [0.5, 0.6) is 0 Å². The van der Waals surface area contributed by atoms with Gasteiger partial charge in [-0.15, -0.1) is 21.7 Å². The van der Waals surface area contributed by atoms with E-state index in [1.165, 1.54) is 36.5 Å². The van der Waals surface area contributed by atoms with Crippen LogP contribution in [0.2, 0.25) is 5.31 Å². The molecule has 0 fully saturated rings. The summed E-state index contributed by atoms with van der Waals surface area (Å²) in [4.78, 5) is 0. The molecule has 0 spiro atoms. The van der Waals surface area contributed by atoms with Gasteiger partial charge in [-0.25, -0.2) is 0 Å². The smallest absolute Gasteiger partial charge is 0.574 e. The van der Waals surface area contributed by atoms with Gasteiger partial charge in [0.15, 0.2) is 0 Å². The molecule has 1 nitrogen and oxygen atoms in total. The van der Waals surface area contributed by atoms with E-state index in [0.29, 0.717) is 5.92 Å². The van der Waals surface area contributed by atoms with Crippen molar-refractivity contribution in [2.45, 2.75) is 118 Å². The number of hydrogen-bond donors (Lipinski definition) is 0. The molecule has 0 aliphatic rings. The van der Waals surface area contributed by atoms with Crippen molar-refractivity contribution in [2.24, 2.45) is 5.92 Å². The quantitative estimate of drug-likeness (QED) is 0.230. The number of halogens is 1. The van der Waals surface area contributed by atoms with E-state index in [1.54, 1.807) is 0 Å². The fourth-order valence-corrected chi connectivity index (χ4v) is 4.26. The predicted molar refractivity (Wildman–Crippen MR) is 124 cm³/mol. The largest absolute Gasteiger partial charge is 1.00 e. The number of allylic oxidation sites excluding steroid dienone is 1.